The molecule has 9 nitrogen and oxygen atoms in total. The van der Waals surface area contributed by atoms with Crippen LogP contribution >= 0.6 is 0 Å². The molecule has 0 bridgehead atoms. The number of cyclic esters (lactones) is 1. The van der Waals surface area contributed by atoms with Crippen LogP contribution in [0.5, 0.6) is 5.75 Å². The van der Waals surface area contributed by atoms with E-state index in [1.165, 1.54) is 4.90 Å². The molecule has 1 unspecified atom stereocenters. The lowest BCUT2D eigenvalue weighted by Gasteiger charge is -2.40. The number of esters is 1. The summed E-state index contributed by atoms with van der Waals surface area (Å²) in [5.41, 5.74) is -0.720. The first kappa shape index (κ1) is 27.4. The number of likely N-dealkylation sites (tertiary alicyclic amines) is 1. The number of aliphatic hydroxyl groups is 1. The number of benzene rings is 1. The Morgan fingerprint density at radius 3 is 2.59 bits per heavy atom. The van der Waals surface area contributed by atoms with Crippen molar-refractivity contribution in [1.29, 1.82) is 0 Å². The Kier molecular flexibility index (Phi) is 7.82. The van der Waals surface area contributed by atoms with Crippen molar-refractivity contribution in [2.24, 2.45) is 17.8 Å². The van der Waals surface area contributed by atoms with Gasteiger partial charge in [0, 0.05) is 12.2 Å². The highest BCUT2D eigenvalue weighted by atomic mass is 16.6. The van der Waals surface area contributed by atoms with Gasteiger partial charge in [-0.05, 0) is 49.4 Å². The number of allylic oxidation sites excluding steroid dienone is 1. The van der Waals surface area contributed by atoms with Gasteiger partial charge >= 0.3 is 5.97 Å². The molecule has 5 rings (SSSR count). The molecule has 9 heteroatoms. The predicted molar refractivity (Wildman–Crippen MR) is 144 cm³/mol. The van der Waals surface area contributed by atoms with E-state index in [4.69, 9.17) is 14.2 Å². The fourth-order valence-corrected chi connectivity index (χ4v) is 6.52. The van der Waals surface area contributed by atoms with Gasteiger partial charge < -0.3 is 29.1 Å². The minimum Gasteiger partial charge on any atom is -0.497 e. The number of amides is 2. The van der Waals surface area contributed by atoms with E-state index in [1.807, 2.05) is 32.1 Å². The van der Waals surface area contributed by atoms with Gasteiger partial charge in [-0.15, -0.1) is 0 Å². The van der Waals surface area contributed by atoms with Gasteiger partial charge in [-0.3, -0.25) is 14.4 Å². The van der Waals surface area contributed by atoms with Crippen LogP contribution in [0.15, 0.2) is 48.6 Å². The largest absolute Gasteiger partial charge is 0.497 e. The topological polar surface area (TPSA) is 106 Å². The molecule has 1 aromatic rings. The van der Waals surface area contributed by atoms with E-state index in [-0.39, 0.29) is 37.5 Å². The molecule has 39 heavy (non-hydrogen) atoms. The van der Waals surface area contributed by atoms with Crippen molar-refractivity contribution in [3.8, 4) is 5.75 Å². The molecule has 2 amide bonds. The monoisotopic (exact) mass is 538 g/mol. The van der Waals surface area contributed by atoms with Gasteiger partial charge in [0.05, 0.1) is 38.4 Å². The van der Waals surface area contributed by atoms with Gasteiger partial charge in [0.15, 0.2) is 0 Å². The minimum absolute atomic E-state index is 0.0871. The van der Waals surface area contributed by atoms with Crippen molar-refractivity contribution in [2.75, 3.05) is 31.8 Å². The van der Waals surface area contributed by atoms with Crippen LogP contribution in [0, 0.1) is 17.8 Å². The molecule has 4 aliphatic heterocycles. The summed E-state index contributed by atoms with van der Waals surface area (Å²) in [6.45, 7) is 4.18. The lowest BCUT2D eigenvalue weighted by atomic mass is 9.78. The van der Waals surface area contributed by atoms with Crippen LogP contribution in [-0.2, 0) is 23.9 Å². The van der Waals surface area contributed by atoms with Crippen molar-refractivity contribution in [3.05, 3.63) is 48.6 Å². The molecule has 0 saturated carbocycles. The van der Waals surface area contributed by atoms with E-state index >= 15 is 0 Å². The number of rotatable bonds is 6. The number of carbonyl (C=O) groups excluding carboxylic acids is 3. The third-order valence-electron chi connectivity index (χ3n) is 8.77. The van der Waals surface area contributed by atoms with Crippen LogP contribution in [0.1, 0.15) is 39.5 Å². The quantitative estimate of drug-likeness (QED) is 0.439. The highest BCUT2D eigenvalue weighted by molar-refractivity contribution is 6.05. The first-order valence-electron chi connectivity index (χ1n) is 13.9. The molecule has 2 saturated heterocycles. The van der Waals surface area contributed by atoms with E-state index < -0.39 is 41.6 Å². The van der Waals surface area contributed by atoms with Crippen molar-refractivity contribution in [2.45, 2.75) is 63.3 Å². The van der Waals surface area contributed by atoms with Crippen LogP contribution in [0.2, 0.25) is 0 Å². The summed E-state index contributed by atoms with van der Waals surface area (Å²) in [4.78, 5) is 45.5. The van der Waals surface area contributed by atoms with E-state index in [0.29, 0.717) is 17.9 Å². The second-order valence-corrected chi connectivity index (χ2v) is 10.9. The molecule has 210 valence electrons. The highest BCUT2D eigenvalue weighted by Crippen LogP contribution is 2.54. The molecular formula is C30H38N2O7. The number of hydrogen-bond donors (Lipinski definition) is 1. The average molecular weight is 539 g/mol. The van der Waals surface area contributed by atoms with E-state index in [2.05, 4.69) is 0 Å². The molecule has 0 aliphatic carbocycles. The molecule has 2 fully saturated rings. The van der Waals surface area contributed by atoms with E-state index in [1.54, 1.807) is 42.4 Å². The van der Waals surface area contributed by atoms with Gasteiger partial charge in [-0.25, -0.2) is 0 Å². The normalized spacial score (nSPS) is 33.0. The van der Waals surface area contributed by atoms with Crippen molar-refractivity contribution < 1.29 is 33.7 Å². The van der Waals surface area contributed by atoms with Crippen molar-refractivity contribution in [3.63, 3.8) is 0 Å². The summed E-state index contributed by atoms with van der Waals surface area (Å²) in [5, 5.41) is 10.5. The fraction of sp³-hybridized carbons (Fsp3) is 0.567. The SMILES string of the molecule is CC[C@H](C)[C@H](CO)N1C(=O)[C@@H]2[C@H]3C(=O)OCCCC/C=C\[C@H]3O[C@@]23C=CCN(c2ccc(OC)cc2)C(=O)C13. The maximum absolute atomic E-state index is 14.5. The third kappa shape index (κ3) is 4.55. The molecule has 4 heterocycles. The number of methoxy groups -OCH3 is 1. The number of fused-ring (bicyclic) bond motifs is 2. The lowest BCUT2D eigenvalue weighted by molar-refractivity contribution is -0.155. The Labute approximate surface area is 229 Å². The van der Waals surface area contributed by atoms with E-state index in [9.17, 15) is 19.5 Å². The predicted octanol–water partition coefficient (Wildman–Crippen LogP) is 2.87. The zero-order valence-corrected chi connectivity index (χ0v) is 22.8. The van der Waals surface area contributed by atoms with Gasteiger partial charge in [0.1, 0.15) is 23.3 Å². The van der Waals surface area contributed by atoms with Gasteiger partial charge in [-0.1, -0.05) is 44.6 Å². The van der Waals surface area contributed by atoms with Gasteiger partial charge in [0.25, 0.3) is 5.91 Å². The number of aliphatic hydroxyl groups excluding tert-OH is 1. The van der Waals surface area contributed by atoms with Crippen LogP contribution in [0.4, 0.5) is 5.69 Å². The second kappa shape index (κ2) is 11.1. The van der Waals surface area contributed by atoms with Gasteiger partial charge in [-0.2, -0.15) is 0 Å². The Morgan fingerprint density at radius 1 is 1.13 bits per heavy atom. The number of anilines is 1. The van der Waals surface area contributed by atoms with Crippen LogP contribution < -0.4 is 9.64 Å². The van der Waals surface area contributed by atoms with Crippen LogP contribution in [0.25, 0.3) is 0 Å². The Hall–Kier alpha value is -3.17. The summed E-state index contributed by atoms with van der Waals surface area (Å²) in [7, 11) is 1.58. The molecule has 1 spiro atoms. The lowest BCUT2D eigenvalue weighted by Crippen LogP contribution is -2.59. The zero-order valence-electron chi connectivity index (χ0n) is 22.8. The molecule has 0 aromatic heterocycles. The minimum atomic E-state index is -1.37. The average Bonchev–Trinajstić information content (AvgIpc) is 3.34. The summed E-state index contributed by atoms with van der Waals surface area (Å²) in [5.74, 6) is -2.42. The fourth-order valence-electron chi connectivity index (χ4n) is 6.52. The Morgan fingerprint density at radius 2 is 1.90 bits per heavy atom. The summed E-state index contributed by atoms with van der Waals surface area (Å²) in [6.07, 6.45) is 9.92. The standard InChI is InChI=1S/C30H38N2O7/c1-4-19(2)22(18-33)32-26-28(35)31(20-11-13-21(37-3)14-12-20)16-9-15-30(26)25(27(32)34)24-23(39-30)10-7-5-6-8-17-38-29(24)36/h7,9-15,19,22-26,33H,4-6,8,16-18H2,1-3H3/b10-7-/t19-,22-,23+,24-,25-,26?,30-/m0/s1. The molecule has 1 aromatic carbocycles. The summed E-state index contributed by atoms with van der Waals surface area (Å²) < 4.78 is 17.6. The molecule has 1 N–H and O–H groups in total. The summed E-state index contributed by atoms with van der Waals surface area (Å²) >= 11 is 0. The van der Waals surface area contributed by atoms with Crippen molar-refractivity contribution >= 4 is 23.5 Å². The zero-order chi connectivity index (χ0) is 27.7. The maximum Gasteiger partial charge on any atom is 0.312 e. The Bertz CT molecular complexity index is 1150. The molecule has 7 atom stereocenters. The van der Waals surface area contributed by atoms with Crippen molar-refractivity contribution in [1.82, 2.24) is 4.90 Å². The Balaban J connectivity index is 1.63. The van der Waals surface area contributed by atoms with Crippen LogP contribution in [0.3, 0.4) is 0 Å². The highest BCUT2D eigenvalue weighted by Gasteiger charge is 2.72. The first-order chi connectivity index (χ1) is 18.9. The maximum atomic E-state index is 14.5. The molecule has 4 aliphatic rings. The molecular weight excluding hydrogens is 500 g/mol. The second-order valence-electron chi connectivity index (χ2n) is 10.9. The third-order valence-corrected chi connectivity index (χ3v) is 8.77. The van der Waals surface area contributed by atoms with E-state index in [0.717, 1.165) is 19.3 Å². The van der Waals surface area contributed by atoms with Gasteiger partial charge in [0.2, 0.25) is 5.91 Å². The van der Waals surface area contributed by atoms with Crippen LogP contribution in [-0.4, -0.2) is 78.4 Å². The first-order valence-corrected chi connectivity index (χ1v) is 13.9. The summed E-state index contributed by atoms with van der Waals surface area (Å²) in [6, 6.07) is 5.50. The number of hydrogen-bond acceptors (Lipinski definition) is 7. The number of ether oxygens (including phenoxy) is 3. The molecule has 0 radical (unpaired) electrons. The smallest absolute Gasteiger partial charge is 0.312 e. The number of nitrogens with zero attached hydrogens (tertiary/aromatic N) is 2. The number of carbonyl (C=O) groups is 3.